The maximum Gasteiger partial charge on any atom is 0.311 e. The summed E-state index contributed by atoms with van der Waals surface area (Å²) < 4.78 is 4.51. The van der Waals surface area contributed by atoms with Gasteiger partial charge in [0, 0.05) is 12.1 Å². The lowest BCUT2D eigenvalue weighted by molar-refractivity contribution is -0.384. The summed E-state index contributed by atoms with van der Waals surface area (Å²) in [5.41, 5.74) is 0.375. The van der Waals surface area contributed by atoms with Crippen molar-refractivity contribution in [3.63, 3.8) is 0 Å². The van der Waals surface area contributed by atoms with Crippen LogP contribution in [0.25, 0.3) is 0 Å². The molecular formula is C11H13NO5. The van der Waals surface area contributed by atoms with Gasteiger partial charge in [-0.05, 0) is 24.6 Å². The predicted molar refractivity (Wildman–Crippen MR) is 59.2 cm³/mol. The van der Waals surface area contributed by atoms with E-state index in [4.69, 9.17) is 0 Å². The first kappa shape index (κ1) is 13.1. The number of rotatable bonds is 4. The summed E-state index contributed by atoms with van der Waals surface area (Å²) in [7, 11) is 1.24. The fourth-order valence-corrected chi connectivity index (χ4v) is 1.40. The third-order valence-electron chi connectivity index (χ3n) is 2.49. The maximum absolute atomic E-state index is 11.2. The average molecular weight is 239 g/mol. The lowest BCUT2D eigenvalue weighted by Crippen LogP contribution is -2.20. The summed E-state index contributed by atoms with van der Waals surface area (Å²) in [6, 6.07) is 5.40. The van der Waals surface area contributed by atoms with E-state index in [2.05, 4.69) is 4.74 Å². The highest BCUT2D eigenvalue weighted by molar-refractivity contribution is 5.72. The van der Waals surface area contributed by atoms with Crippen LogP contribution in [-0.4, -0.2) is 23.1 Å². The van der Waals surface area contributed by atoms with Crippen LogP contribution >= 0.6 is 0 Å². The second kappa shape index (κ2) is 5.40. The lowest BCUT2D eigenvalue weighted by atomic mass is 9.97. The number of aliphatic hydroxyl groups is 1. The van der Waals surface area contributed by atoms with E-state index < -0.39 is 22.9 Å². The Labute approximate surface area is 98.0 Å². The first-order valence-corrected chi connectivity index (χ1v) is 4.97. The van der Waals surface area contributed by atoms with Gasteiger partial charge in [-0.2, -0.15) is 0 Å². The van der Waals surface area contributed by atoms with E-state index in [0.717, 1.165) is 0 Å². The molecule has 0 fully saturated rings. The number of nitro benzene ring substituents is 1. The van der Waals surface area contributed by atoms with Crippen LogP contribution in [0, 0.1) is 16.0 Å². The maximum atomic E-state index is 11.2. The van der Waals surface area contributed by atoms with Gasteiger partial charge < -0.3 is 9.84 Å². The third-order valence-corrected chi connectivity index (χ3v) is 2.49. The van der Waals surface area contributed by atoms with E-state index in [-0.39, 0.29) is 5.69 Å². The summed E-state index contributed by atoms with van der Waals surface area (Å²) >= 11 is 0. The van der Waals surface area contributed by atoms with Crippen LogP contribution in [0.5, 0.6) is 0 Å². The van der Waals surface area contributed by atoms with Crippen LogP contribution in [0.2, 0.25) is 0 Å². The Morgan fingerprint density at radius 1 is 1.41 bits per heavy atom. The molecule has 1 N–H and O–H groups in total. The molecule has 92 valence electrons. The highest BCUT2D eigenvalue weighted by Crippen LogP contribution is 2.24. The lowest BCUT2D eigenvalue weighted by Gasteiger charge is -2.16. The van der Waals surface area contributed by atoms with Gasteiger partial charge >= 0.3 is 5.97 Å². The standard InChI is InChI=1S/C11H13NO5/c1-7(11(14)17-2)10(13)8-3-5-9(6-4-8)12(15)16/h3-7,10,13H,1-2H3/t7-,10-/m0/s1. The molecule has 2 atom stereocenters. The van der Waals surface area contributed by atoms with E-state index >= 15 is 0 Å². The zero-order valence-corrected chi connectivity index (χ0v) is 9.49. The molecule has 0 amide bonds. The number of methoxy groups -OCH3 is 1. The minimum absolute atomic E-state index is 0.0633. The Hall–Kier alpha value is -1.95. The number of esters is 1. The van der Waals surface area contributed by atoms with Crippen molar-refractivity contribution in [1.29, 1.82) is 0 Å². The smallest absolute Gasteiger partial charge is 0.311 e. The normalized spacial score (nSPS) is 13.8. The third kappa shape index (κ3) is 3.01. The number of carbonyl (C=O) groups is 1. The number of aliphatic hydroxyl groups excluding tert-OH is 1. The molecule has 6 nitrogen and oxygen atoms in total. The van der Waals surface area contributed by atoms with Crippen molar-refractivity contribution in [3.8, 4) is 0 Å². The molecule has 0 spiro atoms. The predicted octanol–water partition coefficient (Wildman–Crippen LogP) is 1.44. The SMILES string of the molecule is COC(=O)[C@@H](C)[C@H](O)c1ccc([N+](=O)[O-])cc1. The fraction of sp³-hybridized carbons (Fsp3) is 0.364. The molecule has 0 aliphatic heterocycles. The Bertz CT molecular complexity index is 414. The molecule has 0 unspecified atom stereocenters. The fourth-order valence-electron chi connectivity index (χ4n) is 1.40. The highest BCUT2D eigenvalue weighted by Gasteiger charge is 2.24. The number of nitrogens with zero attached hydrogens (tertiary/aromatic N) is 1. The van der Waals surface area contributed by atoms with Gasteiger partial charge in [0.05, 0.1) is 24.1 Å². The molecular weight excluding hydrogens is 226 g/mol. The van der Waals surface area contributed by atoms with Crippen LogP contribution in [-0.2, 0) is 9.53 Å². The first-order valence-electron chi connectivity index (χ1n) is 4.97. The molecule has 0 saturated carbocycles. The van der Waals surface area contributed by atoms with E-state index in [0.29, 0.717) is 5.56 Å². The number of benzene rings is 1. The van der Waals surface area contributed by atoms with Crippen molar-refractivity contribution < 1.29 is 19.6 Å². The van der Waals surface area contributed by atoms with Gasteiger partial charge in [-0.15, -0.1) is 0 Å². The molecule has 0 aromatic heterocycles. The van der Waals surface area contributed by atoms with Gasteiger partial charge in [-0.1, -0.05) is 0 Å². The van der Waals surface area contributed by atoms with Gasteiger partial charge in [0.15, 0.2) is 0 Å². The van der Waals surface area contributed by atoms with Gasteiger partial charge in [0.2, 0.25) is 0 Å². The van der Waals surface area contributed by atoms with Crippen molar-refractivity contribution in [2.75, 3.05) is 7.11 Å². The van der Waals surface area contributed by atoms with Crippen molar-refractivity contribution in [2.45, 2.75) is 13.0 Å². The minimum Gasteiger partial charge on any atom is -0.469 e. The zero-order valence-electron chi connectivity index (χ0n) is 9.49. The van der Waals surface area contributed by atoms with Gasteiger partial charge in [-0.25, -0.2) is 0 Å². The Morgan fingerprint density at radius 2 is 1.94 bits per heavy atom. The summed E-state index contributed by atoms with van der Waals surface area (Å²) in [4.78, 5) is 21.1. The molecule has 0 aliphatic rings. The first-order chi connectivity index (χ1) is 7.97. The van der Waals surface area contributed by atoms with Crippen LogP contribution < -0.4 is 0 Å². The average Bonchev–Trinajstić information content (AvgIpc) is 2.36. The van der Waals surface area contributed by atoms with E-state index in [1.807, 2.05) is 0 Å². The number of ether oxygens (including phenoxy) is 1. The van der Waals surface area contributed by atoms with E-state index in [9.17, 15) is 20.0 Å². The van der Waals surface area contributed by atoms with E-state index in [1.165, 1.54) is 38.3 Å². The molecule has 0 bridgehead atoms. The summed E-state index contributed by atoms with van der Waals surface area (Å²) in [6.07, 6.45) is -1.04. The second-order valence-corrected chi connectivity index (χ2v) is 3.61. The summed E-state index contributed by atoms with van der Waals surface area (Å²) in [5, 5.41) is 20.3. The number of non-ortho nitro benzene ring substituents is 1. The van der Waals surface area contributed by atoms with E-state index in [1.54, 1.807) is 0 Å². The molecule has 6 heteroatoms. The molecule has 1 aromatic carbocycles. The zero-order chi connectivity index (χ0) is 13.0. The molecule has 0 heterocycles. The molecule has 0 aliphatic carbocycles. The van der Waals surface area contributed by atoms with Crippen molar-refractivity contribution >= 4 is 11.7 Å². The van der Waals surface area contributed by atoms with Crippen LogP contribution in [0.4, 0.5) is 5.69 Å². The van der Waals surface area contributed by atoms with Crippen LogP contribution in [0.1, 0.15) is 18.6 Å². The van der Waals surface area contributed by atoms with Crippen LogP contribution in [0.3, 0.4) is 0 Å². The van der Waals surface area contributed by atoms with Gasteiger partial charge in [0.25, 0.3) is 5.69 Å². The monoisotopic (exact) mass is 239 g/mol. The second-order valence-electron chi connectivity index (χ2n) is 3.61. The topological polar surface area (TPSA) is 89.7 Å². The molecule has 0 saturated heterocycles. The van der Waals surface area contributed by atoms with Crippen molar-refractivity contribution in [2.24, 2.45) is 5.92 Å². The van der Waals surface area contributed by atoms with Crippen LogP contribution in [0.15, 0.2) is 24.3 Å². The minimum atomic E-state index is -1.04. The van der Waals surface area contributed by atoms with Crippen molar-refractivity contribution in [3.05, 3.63) is 39.9 Å². The summed E-state index contributed by atoms with van der Waals surface area (Å²) in [5.74, 6) is -1.25. The number of carbonyl (C=O) groups excluding carboxylic acids is 1. The number of hydrogen-bond acceptors (Lipinski definition) is 5. The Kier molecular flexibility index (Phi) is 4.17. The Morgan fingerprint density at radius 3 is 2.35 bits per heavy atom. The highest BCUT2D eigenvalue weighted by atomic mass is 16.6. The van der Waals surface area contributed by atoms with Crippen molar-refractivity contribution in [1.82, 2.24) is 0 Å². The largest absolute Gasteiger partial charge is 0.469 e. The molecule has 1 aromatic rings. The van der Waals surface area contributed by atoms with Gasteiger partial charge in [0.1, 0.15) is 0 Å². The summed E-state index contributed by atoms with van der Waals surface area (Å²) in [6.45, 7) is 1.53. The molecule has 0 radical (unpaired) electrons. The quantitative estimate of drug-likeness (QED) is 0.487. The van der Waals surface area contributed by atoms with Gasteiger partial charge in [-0.3, -0.25) is 14.9 Å². The number of hydrogen-bond donors (Lipinski definition) is 1. The number of nitro groups is 1. The molecule has 1 rings (SSSR count). The Balaban J connectivity index is 2.86. The molecule has 17 heavy (non-hydrogen) atoms.